The normalized spacial score (nSPS) is 12.4. The Morgan fingerprint density at radius 3 is 2.30 bits per heavy atom. The third kappa shape index (κ3) is 3.41. The standard InChI is InChI=1S/C17H23N3/c1-16(2,3)13-6-7-19-14(10-13)11-17(4,5)15-12-18-8-9-20-15/h6-10,12H,11H2,1-5H3. The molecule has 106 valence electrons. The molecule has 0 spiro atoms. The average Bonchev–Trinajstić information content (AvgIpc) is 2.38. The maximum Gasteiger partial charge on any atom is 0.0646 e. The van der Waals surface area contributed by atoms with Crippen LogP contribution in [0.4, 0.5) is 0 Å². The summed E-state index contributed by atoms with van der Waals surface area (Å²) in [5.41, 5.74) is 3.50. The Balaban J connectivity index is 2.26. The highest BCUT2D eigenvalue weighted by Gasteiger charge is 2.24. The van der Waals surface area contributed by atoms with Crippen LogP contribution in [-0.2, 0) is 17.3 Å². The molecule has 0 bridgehead atoms. The molecule has 0 amide bonds. The topological polar surface area (TPSA) is 38.7 Å². The second-order valence-corrected chi connectivity index (χ2v) is 6.94. The zero-order valence-electron chi connectivity index (χ0n) is 13.0. The molecule has 2 rings (SSSR count). The predicted octanol–water partition coefficient (Wildman–Crippen LogP) is 3.69. The Kier molecular flexibility index (Phi) is 3.89. The Bertz CT molecular complexity index is 568. The number of aromatic nitrogens is 3. The molecule has 20 heavy (non-hydrogen) atoms. The minimum atomic E-state index is -0.0717. The Labute approximate surface area is 121 Å². The van der Waals surface area contributed by atoms with Gasteiger partial charge in [-0.1, -0.05) is 34.6 Å². The third-order valence-electron chi connectivity index (χ3n) is 3.56. The van der Waals surface area contributed by atoms with Crippen LogP contribution in [0.5, 0.6) is 0 Å². The second-order valence-electron chi connectivity index (χ2n) is 6.94. The van der Waals surface area contributed by atoms with Crippen LogP contribution in [-0.4, -0.2) is 15.0 Å². The Morgan fingerprint density at radius 1 is 0.950 bits per heavy atom. The molecular weight excluding hydrogens is 246 g/mol. The largest absolute Gasteiger partial charge is 0.261 e. The predicted molar refractivity (Wildman–Crippen MR) is 81.7 cm³/mol. The average molecular weight is 269 g/mol. The first-order valence-electron chi connectivity index (χ1n) is 7.01. The molecule has 0 saturated heterocycles. The van der Waals surface area contributed by atoms with Gasteiger partial charge in [0, 0.05) is 42.3 Å². The molecule has 0 radical (unpaired) electrons. The van der Waals surface area contributed by atoms with Crippen LogP contribution in [0.2, 0.25) is 0 Å². The van der Waals surface area contributed by atoms with E-state index in [1.54, 1.807) is 12.4 Å². The molecule has 0 N–H and O–H groups in total. The first kappa shape index (κ1) is 14.6. The molecule has 3 nitrogen and oxygen atoms in total. The van der Waals surface area contributed by atoms with E-state index in [4.69, 9.17) is 0 Å². The fourth-order valence-electron chi connectivity index (χ4n) is 2.23. The number of hydrogen-bond acceptors (Lipinski definition) is 3. The smallest absolute Gasteiger partial charge is 0.0646 e. The first-order chi connectivity index (χ1) is 9.29. The fourth-order valence-corrected chi connectivity index (χ4v) is 2.23. The summed E-state index contributed by atoms with van der Waals surface area (Å²) in [6.07, 6.45) is 8.06. The maximum atomic E-state index is 4.52. The van der Waals surface area contributed by atoms with Crippen molar-refractivity contribution in [3.63, 3.8) is 0 Å². The van der Waals surface area contributed by atoms with Gasteiger partial charge in [-0.05, 0) is 23.1 Å². The van der Waals surface area contributed by atoms with E-state index in [1.807, 2.05) is 12.4 Å². The summed E-state index contributed by atoms with van der Waals surface area (Å²) in [7, 11) is 0. The van der Waals surface area contributed by atoms with Gasteiger partial charge in [0.15, 0.2) is 0 Å². The molecule has 0 aromatic carbocycles. The highest BCUT2D eigenvalue weighted by molar-refractivity contribution is 5.25. The molecule has 2 heterocycles. The molecule has 0 aliphatic heterocycles. The van der Waals surface area contributed by atoms with E-state index in [9.17, 15) is 0 Å². The van der Waals surface area contributed by atoms with Gasteiger partial charge in [0.05, 0.1) is 5.69 Å². The number of pyridine rings is 1. The summed E-state index contributed by atoms with van der Waals surface area (Å²) >= 11 is 0. The molecule has 2 aromatic heterocycles. The maximum absolute atomic E-state index is 4.52. The van der Waals surface area contributed by atoms with Crippen molar-refractivity contribution in [3.8, 4) is 0 Å². The summed E-state index contributed by atoms with van der Waals surface area (Å²) in [5.74, 6) is 0. The third-order valence-corrected chi connectivity index (χ3v) is 3.56. The van der Waals surface area contributed by atoms with E-state index in [1.165, 1.54) is 5.56 Å². The molecular formula is C17H23N3. The SMILES string of the molecule is CC(C)(C)c1ccnc(CC(C)(C)c2cnccn2)c1. The van der Waals surface area contributed by atoms with Crippen molar-refractivity contribution in [1.29, 1.82) is 0 Å². The molecule has 3 heteroatoms. The van der Waals surface area contributed by atoms with Gasteiger partial charge >= 0.3 is 0 Å². The van der Waals surface area contributed by atoms with Crippen LogP contribution >= 0.6 is 0 Å². The van der Waals surface area contributed by atoms with Crippen molar-refractivity contribution in [2.45, 2.75) is 51.9 Å². The zero-order valence-corrected chi connectivity index (χ0v) is 13.0. The molecule has 2 aromatic rings. The summed E-state index contributed by atoms with van der Waals surface area (Å²) in [5, 5.41) is 0. The van der Waals surface area contributed by atoms with Crippen LogP contribution in [0.15, 0.2) is 36.9 Å². The van der Waals surface area contributed by atoms with Gasteiger partial charge < -0.3 is 0 Å². The van der Waals surface area contributed by atoms with Crippen molar-refractivity contribution < 1.29 is 0 Å². The summed E-state index contributed by atoms with van der Waals surface area (Å²) in [6.45, 7) is 11.0. The summed E-state index contributed by atoms with van der Waals surface area (Å²) in [6, 6.07) is 4.30. The van der Waals surface area contributed by atoms with Gasteiger partial charge in [0.2, 0.25) is 0 Å². The molecule has 0 atom stereocenters. The van der Waals surface area contributed by atoms with E-state index in [-0.39, 0.29) is 10.8 Å². The lowest BCUT2D eigenvalue weighted by Crippen LogP contribution is -2.23. The zero-order chi connectivity index (χ0) is 14.8. The van der Waals surface area contributed by atoms with Crippen LogP contribution < -0.4 is 0 Å². The van der Waals surface area contributed by atoms with E-state index in [0.29, 0.717) is 0 Å². The van der Waals surface area contributed by atoms with Crippen molar-refractivity contribution in [3.05, 3.63) is 53.9 Å². The quantitative estimate of drug-likeness (QED) is 0.853. The van der Waals surface area contributed by atoms with Crippen LogP contribution in [0.25, 0.3) is 0 Å². The summed E-state index contributed by atoms with van der Waals surface area (Å²) in [4.78, 5) is 13.1. The monoisotopic (exact) mass is 269 g/mol. The lowest BCUT2D eigenvalue weighted by atomic mass is 9.82. The first-order valence-corrected chi connectivity index (χ1v) is 7.01. The van der Waals surface area contributed by atoms with E-state index >= 15 is 0 Å². The minimum Gasteiger partial charge on any atom is -0.261 e. The van der Waals surface area contributed by atoms with Crippen molar-refractivity contribution >= 4 is 0 Å². The van der Waals surface area contributed by atoms with E-state index < -0.39 is 0 Å². The van der Waals surface area contributed by atoms with Crippen molar-refractivity contribution in [1.82, 2.24) is 15.0 Å². The van der Waals surface area contributed by atoms with Gasteiger partial charge in [-0.25, -0.2) is 0 Å². The molecule has 0 aliphatic rings. The van der Waals surface area contributed by atoms with Gasteiger partial charge in [-0.3, -0.25) is 15.0 Å². The lowest BCUT2D eigenvalue weighted by Gasteiger charge is -2.25. The van der Waals surface area contributed by atoms with Gasteiger partial charge in [-0.2, -0.15) is 0 Å². The van der Waals surface area contributed by atoms with Crippen molar-refractivity contribution in [2.75, 3.05) is 0 Å². The van der Waals surface area contributed by atoms with Gasteiger partial charge in [0.1, 0.15) is 0 Å². The minimum absolute atomic E-state index is 0.0717. The van der Waals surface area contributed by atoms with Gasteiger partial charge in [-0.15, -0.1) is 0 Å². The molecule has 0 aliphatic carbocycles. The molecule has 0 saturated carbocycles. The Hall–Kier alpha value is -1.77. The van der Waals surface area contributed by atoms with Crippen molar-refractivity contribution in [2.24, 2.45) is 0 Å². The molecule has 0 fully saturated rings. The molecule has 0 unspecified atom stereocenters. The second kappa shape index (κ2) is 5.31. The Morgan fingerprint density at radius 2 is 1.70 bits per heavy atom. The lowest BCUT2D eigenvalue weighted by molar-refractivity contribution is 0.494. The van der Waals surface area contributed by atoms with E-state index in [0.717, 1.165) is 17.8 Å². The van der Waals surface area contributed by atoms with Crippen LogP contribution in [0.1, 0.15) is 51.6 Å². The highest BCUT2D eigenvalue weighted by Crippen LogP contribution is 2.27. The van der Waals surface area contributed by atoms with E-state index in [2.05, 4.69) is 61.7 Å². The van der Waals surface area contributed by atoms with Crippen LogP contribution in [0.3, 0.4) is 0 Å². The van der Waals surface area contributed by atoms with Crippen LogP contribution in [0, 0.1) is 0 Å². The summed E-state index contributed by atoms with van der Waals surface area (Å²) < 4.78 is 0. The number of hydrogen-bond donors (Lipinski definition) is 0. The number of rotatable bonds is 3. The number of nitrogens with zero attached hydrogens (tertiary/aromatic N) is 3. The van der Waals surface area contributed by atoms with Gasteiger partial charge in [0.25, 0.3) is 0 Å². The highest BCUT2D eigenvalue weighted by atomic mass is 14.8. The fraction of sp³-hybridized carbons (Fsp3) is 0.471.